The fraction of sp³-hybridized carbons (Fsp3) is 0.556. The number of halogens is 2. The molecule has 0 unspecified atom stereocenters. The van der Waals surface area contributed by atoms with Gasteiger partial charge in [-0.2, -0.15) is 0 Å². The molecule has 0 atom stereocenters. The third kappa shape index (κ3) is 3.00. The maximum absolute atomic E-state index is 12.6. The molecule has 0 radical (unpaired) electrons. The molecule has 4 nitrogen and oxygen atoms in total. The molecule has 0 amide bonds. The van der Waals surface area contributed by atoms with Crippen LogP contribution in [0.25, 0.3) is 0 Å². The molecule has 1 aliphatic rings. The van der Waals surface area contributed by atoms with Crippen molar-refractivity contribution in [3.05, 3.63) is 18.2 Å². The van der Waals surface area contributed by atoms with Gasteiger partial charge < -0.3 is 10.6 Å². The molecule has 0 bridgehead atoms. The van der Waals surface area contributed by atoms with Crippen molar-refractivity contribution >= 4 is 18.4 Å². The van der Waals surface area contributed by atoms with Crippen molar-refractivity contribution in [2.45, 2.75) is 18.9 Å². The van der Waals surface area contributed by atoms with E-state index in [1.807, 2.05) is 4.90 Å². The lowest BCUT2D eigenvalue weighted by Crippen LogP contribution is -2.40. The number of piperidine rings is 1. The van der Waals surface area contributed by atoms with Crippen LogP contribution in [-0.4, -0.2) is 29.1 Å². The first kappa shape index (κ1) is 12.1. The first-order valence-corrected chi connectivity index (χ1v) is 4.74. The number of nitrogens with zero attached hydrogens (tertiary/aromatic N) is 3. The maximum atomic E-state index is 12.6. The maximum Gasteiger partial charge on any atom is 0.225 e. The van der Waals surface area contributed by atoms with Gasteiger partial charge >= 0.3 is 0 Å². The van der Waals surface area contributed by atoms with Crippen LogP contribution in [0.4, 0.5) is 10.3 Å². The third-order valence-electron chi connectivity index (χ3n) is 2.43. The lowest BCUT2D eigenvalue weighted by Gasteiger charge is -2.29. The molecule has 0 saturated carbocycles. The summed E-state index contributed by atoms with van der Waals surface area (Å²) in [4.78, 5) is 9.88. The van der Waals surface area contributed by atoms with Gasteiger partial charge in [0.05, 0.1) is 12.4 Å². The second-order valence-corrected chi connectivity index (χ2v) is 3.53. The Bertz CT molecular complexity index is 297. The summed E-state index contributed by atoms with van der Waals surface area (Å²) in [7, 11) is 0. The zero-order chi connectivity index (χ0) is 9.97. The molecule has 15 heavy (non-hydrogen) atoms. The number of anilines is 1. The van der Waals surface area contributed by atoms with E-state index in [4.69, 9.17) is 5.73 Å². The fourth-order valence-corrected chi connectivity index (χ4v) is 1.57. The highest BCUT2D eigenvalue weighted by molar-refractivity contribution is 5.85. The van der Waals surface area contributed by atoms with Gasteiger partial charge in [-0.3, -0.25) is 0 Å². The zero-order valence-corrected chi connectivity index (χ0v) is 9.08. The van der Waals surface area contributed by atoms with Crippen LogP contribution in [0.3, 0.4) is 0 Å². The largest absolute Gasteiger partial charge is 0.341 e. The smallest absolute Gasteiger partial charge is 0.225 e. The minimum atomic E-state index is -0.400. The van der Waals surface area contributed by atoms with Crippen molar-refractivity contribution in [2.75, 3.05) is 18.0 Å². The quantitative estimate of drug-likeness (QED) is 0.784. The van der Waals surface area contributed by atoms with Crippen molar-refractivity contribution in [2.24, 2.45) is 5.73 Å². The van der Waals surface area contributed by atoms with Gasteiger partial charge in [0.2, 0.25) is 5.95 Å². The minimum absolute atomic E-state index is 0. The molecule has 6 heteroatoms. The molecular weight excluding hydrogens is 219 g/mol. The summed E-state index contributed by atoms with van der Waals surface area (Å²) in [5.41, 5.74) is 5.77. The number of rotatable bonds is 1. The SMILES string of the molecule is Cl.NC1CCN(c2ncc(F)cn2)CC1. The highest BCUT2D eigenvalue weighted by Crippen LogP contribution is 2.14. The van der Waals surface area contributed by atoms with Gasteiger partial charge in [0.25, 0.3) is 0 Å². The third-order valence-corrected chi connectivity index (χ3v) is 2.43. The number of hydrogen-bond donors (Lipinski definition) is 1. The van der Waals surface area contributed by atoms with E-state index in [9.17, 15) is 4.39 Å². The molecule has 2 rings (SSSR count). The van der Waals surface area contributed by atoms with E-state index in [1.54, 1.807) is 0 Å². The van der Waals surface area contributed by atoms with Crippen LogP contribution in [0, 0.1) is 5.82 Å². The average molecular weight is 233 g/mol. The Morgan fingerprint density at radius 2 is 1.80 bits per heavy atom. The van der Waals surface area contributed by atoms with Crippen LogP contribution >= 0.6 is 12.4 Å². The van der Waals surface area contributed by atoms with Crippen molar-refractivity contribution in [3.8, 4) is 0 Å². The highest BCUT2D eigenvalue weighted by Gasteiger charge is 2.17. The summed E-state index contributed by atoms with van der Waals surface area (Å²) in [5.74, 6) is 0.195. The molecule has 0 aromatic carbocycles. The number of hydrogen-bond acceptors (Lipinski definition) is 4. The van der Waals surface area contributed by atoms with Crippen molar-refractivity contribution in [1.29, 1.82) is 0 Å². The molecule has 1 aromatic rings. The fourth-order valence-electron chi connectivity index (χ4n) is 1.57. The normalized spacial score (nSPS) is 17.3. The summed E-state index contributed by atoms with van der Waals surface area (Å²) in [5, 5.41) is 0. The molecule has 1 fully saturated rings. The second-order valence-electron chi connectivity index (χ2n) is 3.53. The van der Waals surface area contributed by atoms with E-state index in [1.165, 1.54) is 12.4 Å². The van der Waals surface area contributed by atoms with Gasteiger partial charge in [-0.05, 0) is 12.8 Å². The summed E-state index contributed by atoms with van der Waals surface area (Å²) in [6.45, 7) is 1.71. The van der Waals surface area contributed by atoms with Crippen LogP contribution < -0.4 is 10.6 Å². The highest BCUT2D eigenvalue weighted by atomic mass is 35.5. The Kier molecular flexibility index (Phi) is 4.23. The van der Waals surface area contributed by atoms with E-state index in [-0.39, 0.29) is 18.4 Å². The lowest BCUT2D eigenvalue weighted by molar-refractivity contribution is 0.494. The lowest BCUT2D eigenvalue weighted by atomic mass is 10.1. The molecule has 0 spiro atoms. The van der Waals surface area contributed by atoms with E-state index in [0.717, 1.165) is 25.9 Å². The van der Waals surface area contributed by atoms with Gasteiger partial charge in [-0.25, -0.2) is 14.4 Å². The van der Waals surface area contributed by atoms with Crippen LogP contribution in [0.1, 0.15) is 12.8 Å². The molecule has 0 aliphatic carbocycles. The monoisotopic (exact) mass is 232 g/mol. The minimum Gasteiger partial charge on any atom is -0.341 e. The topological polar surface area (TPSA) is 55.0 Å². The molecule has 1 saturated heterocycles. The van der Waals surface area contributed by atoms with Crippen LogP contribution in [-0.2, 0) is 0 Å². The standard InChI is InChI=1S/C9H13FN4.ClH/c10-7-5-12-9(13-6-7)14-3-1-8(11)2-4-14;/h5-6,8H,1-4,11H2;1H. The van der Waals surface area contributed by atoms with E-state index >= 15 is 0 Å². The number of aromatic nitrogens is 2. The summed E-state index contributed by atoms with van der Waals surface area (Å²) in [6.07, 6.45) is 4.27. The Balaban J connectivity index is 0.00000112. The second kappa shape index (κ2) is 5.23. The predicted molar refractivity (Wildman–Crippen MR) is 58.7 cm³/mol. The summed E-state index contributed by atoms with van der Waals surface area (Å²) >= 11 is 0. The van der Waals surface area contributed by atoms with E-state index in [2.05, 4.69) is 9.97 Å². The average Bonchev–Trinajstić information content (AvgIpc) is 2.21. The molecule has 2 N–H and O–H groups in total. The zero-order valence-electron chi connectivity index (χ0n) is 8.27. The van der Waals surface area contributed by atoms with Gasteiger partial charge in [-0.15, -0.1) is 12.4 Å². The predicted octanol–water partition coefficient (Wildman–Crippen LogP) is 0.965. The van der Waals surface area contributed by atoms with E-state index in [0.29, 0.717) is 5.95 Å². The number of nitrogens with two attached hydrogens (primary N) is 1. The van der Waals surface area contributed by atoms with Gasteiger partial charge in [0.1, 0.15) is 0 Å². The molecule has 84 valence electrons. The Hall–Kier alpha value is -0.940. The molecule has 1 aliphatic heterocycles. The van der Waals surface area contributed by atoms with Gasteiger partial charge in [0.15, 0.2) is 5.82 Å². The molecule has 1 aromatic heterocycles. The van der Waals surface area contributed by atoms with Crippen LogP contribution in [0.2, 0.25) is 0 Å². The Labute approximate surface area is 94.1 Å². The van der Waals surface area contributed by atoms with Crippen LogP contribution in [0.15, 0.2) is 12.4 Å². The van der Waals surface area contributed by atoms with Crippen molar-refractivity contribution in [1.82, 2.24) is 9.97 Å². The van der Waals surface area contributed by atoms with Gasteiger partial charge in [0, 0.05) is 19.1 Å². The Morgan fingerprint density at radius 1 is 1.27 bits per heavy atom. The molecular formula is C9H14ClFN4. The first-order chi connectivity index (χ1) is 6.75. The summed E-state index contributed by atoms with van der Waals surface area (Å²) < 4.78 is 12.6. The first-order valence-electron chi connectivity index (χ1n) is 4.74. The summed E-state index contributed by atoms with van der Waals surface area (Å²) in [6, 6.07) is 0.284. The molecule has 2 heterocycles. The Morgan fingerprint density at radius 3 is 2.33 bits per heavy atom. The van der Waals surface area contributed by atoms with E-state index < -0.39 is 5.82 Å². The van der Waals surface area contributed by atoms with Crippen molar-refractivity contribution < 1.29 is 4.39 Å². The van der Waals surface area contributed by atoms with Crippen LogP contribution in [0.5, 0.6) is 0 Å². The van der Waals surface area contributed by atoms with Gasteiger partial charge in [-0.1, -0.05) is 0 Å². The van der Waals surface area contributed by atoms with Crippen molar-refractivity contribution in [3.63, 3.8) is 0 Å².